The number of nitrogens with two attached hydrogens (primary N) is 1. The molecule has 2 unspecified atom stereocenters. The average Bonchev–Trinajstić information content (AvgIpc) is 2.99. The van der Waals surface area contributed by atoms with Gasteiger partial charge in [-0.1, -0.05) is 17.7 Å². The van der Waals surface area contributed by atoms with Crippen LogP contribution >= 0.6 is 11.6 Å². The summed E-state index contributed by atoms with van der Waals surface area (Å²) in [5.74, 6) is -1.12. The van der Waals surface area contributed by atoms with Crippen LogP contribution in [0.25, 0.3) is 0 Å². The van der Waals surface area contributed by atoms with Crippen molar-refractivity contribution in [3.05, 3.63) is 34.6 Å². The maximum absolute atomic E-state index is 13.8. The van der Waals surface area contributed by atoms with E-state index in [0.717, 1.165) is 0 Å². The molecule has 23 heavy (non-hydrogen) atoms. The molecule has 0 spiro atoms. The van der Waals surface area contributed by atoms with Crippen molar-refractivity contribution >= 4 is 23.4 Å². The molecule has 1 aliphatic heterocycles. The second-order valence-electron chi connectivity index (χ2n) is 5.95. The molecule has 2 N–H and O–H groups in total. The first-order valence-electron chi connectivity index (χ1n) is 7.52. The van der Waals surface area contributed by atoms with Crippen molar-refractivity contribution in [2.45, 2.75) is 25.9 Å². The number of nitrogens with zero attached hydrogens (tertiary/aromatic N) is 2. The lowest BCUT2D eigenvalue weighted by Gasteiger charge is -2.28. The molecule has 0 bridgehead atoms. The predicted octanol–water partition coefficient (Wildman–Crippen LogP) is 1.63. The molecule has 0 aromatic heterocycles. The summed E-state index contributed by atoms with van der Waals surface area (Å²) >= 11 is 6.00. The normalized spacial score (nSPS) is 19.6. The van der Waals surface area contributed by atoms with Crippen LogP contribution in [0.3, 0.4) is 0 Å². The van der Waals surface area contributed by atoms with Gasteiger partial charge in [-0.05, 0) is 32.0 Å². The van der Waals surface area contributed by atoms with Crippen LogP contribution < -0.4 is 5.73 Å². The molecule has 0 aliphatic carbocycles. The highest BCUT2D eigenvalue weighted by molar-refractivity contribution is 6.31. The number of rotatable bonds is 5. The molecular formula is C16H21ClFN3O2. The lowest BCUT2D eigenvalue weighted by molar-refractivity contribution is -0.135. The summed E-state index contributed by atoms with van der Waals surface area (Å²) in [6, 6.07) is 4.05. The number of carbonyl (C=O) groups is 2. The highest BCUT2D eigenvalue weighted by atomic mass is 35.5. The first kappa shape index (κ1) is 17.7. The molecular weight excluding hydrogens is 321 g/mol. The Morgan fingerprint density at radius 1 is 1.52 bits per heavy atom. The molecule has 1 aromatic rings. The third-order valence-electron chi connectivity index (χ3n) is 4.36. The van der Waals surface area contributed by atoms with Gasteiger partial charge >= 0.3 is 0 Å². The minimum atomic E-state index is -0.431. The molecule has 7 heteroatoms. The van der Waals surface area contributed by atoms with Crippen LogP contribution in [0.2, 0.25) is 5.02 Å². The fraction of sp³-hybridized carbons (Fsp3) is 0.500. The highest BCUT2D eigenvalue weighted by Crippen LogP contribution is 2.22. The smallest absolute Gasteiger partial charge is 0.239 e. The number of benzene rings is 1. The second kappa shape index (κ2) is 7.27. The fourth-order valence-corrected chi connectivity index (χ4v) is 3.07. The summed E-state index contributed by atoms with van der Waals surface area (Å²) in [7, 11) is 1.61. The number of hydrogen-bond acceptors (Lipinski definition) is 3. The van der Waals surface area contributed by atoms with Gasteiger partial charge in [-0.15, -0.1) is 0 Å². The third-order valence-corrected chi connectivity index (χ3v) is 4.71. The van der Waals surface area contributed by atoms with Crippen LogP contribution in [0.15, 0.2) is 18.2 Å². The molecule has 1 aromatic carbocycles. The minimum absolute atomic E-state index is 0.0990. The van der Waals surface area contributed by atoms with Crippen molar-refractivity contribution in [3.8, 4) is 0 Å². The van der Waals surface area contributed by atoms with Crippen LogP contribution in [-0.2, 0) is 16.1 Å². The van der Waals surface area contributed by atoms with Crippen molar-refractivity contribution in [2.24, 2.45) is 11.7 Å². The van der Waals surface area contributed by atoms with Crippen LogP contribution in [0.4, 0.5) is 4.39 Å². The van der Waals surface area contributed by atoms with E-state index in [9.17, 15) is 14.0 Å². The quantitative estimate of drug-likeness (QED) is 0.885. The Labute approximate surface area is 140 Å². The average molecular weight is 342 g/mol. The van der Waals surface area contributed by atoms with Crippen LogP contribution in [0.1, 0.15) is 18.9 Å². The molecule has 5 nitrogen and oxygen atoms in total. The minimum Gasteiger partial charge on any atom is -0.369 e. The molecule has 1 saturated heterocycles. The Bertz CT molecular complexity index is 591. The summed E-state index contributed by atoms with van der Waals surface area (Å²) in [4.78, 5) is 27.1. The monoisotopic (exact) mass is 341 g/mol. The van der Waals surface area contributed by atoms with E-state index in [1.165, 1.54) is 17.0 Å². The summed E-state index contributed by atoms with van der Waals surface area (Å²) in [6.07, 6.45) is 0.663. The maximum atomic E-state index is 13.8. The first-order valence-corrected chi connectivity index (χ1v) is 7.90. The zero-order valence-electron chi connectivity index (χ0n) is 13.3. The van der Waals surface area contributed by atoms with Gasteiger partial charge in [-0.3, -0.25) is 14.5 Å². The summed E-state index contributed by atoms with van der Waals surface area (Å²) in [5, 5.41) is 0.298. The van der Waals surface area contributed by atoms with Gasteiger partial charge in [0.1, 0.15) is 5.82 Å². The molecule has 2 amide bonds. The van der Waals surface area contributed by atoms with Gasteiger partial charge < -0.3 is 10.6 Å². The van der Waals surface area contributed by atoms with E-state index in [4.69, 9.17) is 17.3 Å². The standard InChI is InChI=1S/C16H21ClFN3O2/c1-10(21-7-6-11(8-21)15(19)22)16(23)20(2)9-12-13(17)4-3-5-14(12)18/h3-5,10-11H,6-9H2,1-2H3,(H2,19,22). The Morgan fingerprint density at radius 2 is 2.22 bits per heavy atom. The van der Waals surface area contributed by atoms with Crippen LogP contribution in [0.5, 0.6) is 0 Å². The molecule has 1 aliphatic rings. The molecule has 0 radical (unpaired) electrons. The van der Waals surface area contributed by atoms with E-state index < -0.39 is 11.9 Å². The number of primary amides is 1. The topological polar surface area (TPSA) is 66.6 Å². The van der Waals surface area contributed by atoms with Gasteiger partial charge in [0.05, 0.1) is 12.0 Å². The van der Waals surface area contributed by atoms with E-state index >= 15 is 0 Å². The van der Waals surface area contributed by atoms with Gasteiger partial charge in [-0.2, -0.15) is 0 Å². The predicted molar refractivity (Wildman–Crippen MR) is 86.2 cm³/mol. The van der Waals surface area contributed by atoms with E-state index in [0.29, 0.717) is 30.1 Å². The van der Waals surface area contributed by atoms with Crippen molar-refractivity contribution in [2.75, 3.05) is 20.1 Å². The highest BCUT2D eigenvalue weighted by Gasteiger charge is 2.33. The SMILES string of the molecule is CC(C(=O)N(C)Cc1c(F)cccc1Cl)N1CCC(C(N)=O)C1. The number of hydrogen-bond donors (Lipinski definition) is 1. The van der Waals surface area contributed by atoms with Gasteiger partial charge in [0.2, 0.25) is 11.8 Å². The summed E-state index contributed by atoms with van der Waals surface area (Å²) in [6.45, 7) is 3.01. The Hall–Kier alpha value is -1.66. The molecule has 1 fully saturated rings. The largest absolute Gasteiger partial charge is 0.369 e. The molecule has 2 rings (SSSR count). The number of halogens is 2. The van der Waals surface area contributed by atoms with Crippen molar-refractivity contribution in [1.82, 2.24) is 9.80 Å². The molecule has 2 atom stereocenters. The van der Waals surface area contributed by atoms with E-state index in [-0.39, 0.29) is 24.3 Å². The first-order chi connectivity index (χ1) is 10.8. The van der Waals surface area contributed by atoms with Crippen LogP contribution in [-0.4, -0.2) is 47.8 Å². The van der Waals surface area contributed by atoms with Gasteiger partial charge in [0, 0.05) is 30.7 Å². The Kier molecular flexibility index (Phi) is 5.59. The van der Waals surface area contributed by atoms with E-state index in [1.807, 2.05) is 4.90 Å². The molecule has 0 saturated carbocycles. The summed E-state index contributed by atoms with van der Waals surface area (Å²) < 4.78 is 13.8. The zero-order chi connectivity index (χ0) is 17.1. The van der Waals surface area contributed by atoms with Crippen molar-refractivity contribution in [1.29, 1.82) is 0 Å². The number of likely N-dealkylation sites (N-methyl/N-ethyl adjacent to an activating group) is 1. The molecule has 1 heterocycles. The fourth-order valence-electron chi connectivity index (χ4n) is 2.84. The molecule has 126 valence electrons. The van der Waals surface area contributed by atoms with Gasteiger partial charge in [0.25, 0.3) is 0 Å². The number of carbonyl (C=O) groups excluding carboxylic acids is 2. The zero-order valence-corrected chi connectivity index (χ0v) is 14.0. The van der Waals surface area contributed by atoms with E-state index in [1.54, 1.807) is 20.0 Å². The van der Waals surface area contributed by atoms with Crippen molar-refractivity contribution in [3.63, 3.8) is 0 Å². The summed E-state index contributed by atoms with van der Waals surface area (Å²) in [5.41, 5.74) is 5.61. The van der Waals surface area contributed by atoms with E-state index in [2.05, 4.69) is 0 Å². The van der Waals surface area contributed by atoms with Gasteiger partial charge in [-0.25, -0.2) is 4.39 Å². The Morgan fingerprint density at radius 3 is 2.78 bits per heavy atom. The lowest BCUT2D eigenvalue weighted by atomic mass is 10.1. The maximum Gasteiger partial charge on any atom is 0.239 e. The van der Waals surface area contributed by atoms with Crippen LogP contribution in [0, 0.1) is 11.7 Å². The number of amides is 2. The number of likely N-dealkylation sites (tertiary alicyclic amines) is 1. The third kappa shape index (κ3) is 4.00. The lowest BCUT2D eigenvalue weighted by Crippen LogP contribution is -2.45. The van der Waals surface area contributed by atoms with Crippen molar-refractivity contribution < 1.29 is 14.0 Å². The second-order valence-corrected chi connectivity index (χ2v) is 6.36. The van der Waals surface area contributed by atoms with Gasteiger partial charge in [0.15, 0.2) is 0 Å². The Balaban J connectivity index is 2.01.